The molecule has 20 heavy (non-hydrogen) atoms. The van der Waals surface area contributed by atoms with Crippen LogP contribution >= 0.6 is 0 Å². The molecule has 0 aromatic carbocycles. The van der Waals surface area contributed by atoms with E-state index in [-0.39, 0.29) is 5.92 Å². The van der Waals surface area contributed by atoms with Crippen molar-refractivity contribution in [3.8, 4) is 0 Å². The number of hydrogen-bond donors (Lipinski definition) is 3. The lowest BCUT2D eigenvalue weighted by atomic mass is 10.2. The Balaban J connectivity index is 2.00. The van der Waals surface area contributed by atoms with E-state index in [0.29, 0.717) is 5.82 Å². The predicted octanol–water partition coefficient (Wildman–Crippen LogP) is 1.94. The van der Waals surface area contributed by atoms with Crippen LogP contribution in [0, 0.1) is 0 Å². The standard InChI is InChI=1S/C14H20N6/c1-10(2)14-18-12(9-13(19-14)20-15)17-8-6-11-5-3-4-7-16-11/h3-5,7,9-10H,6,8,15H2,1-2H3,(H2,17,18,19,20). The summed E-state index contributed by atoms with van der Waals surface area (Å²) in [5.41, 5.74) is 3.62. The normalized spacial score (nSPS) is 10.6. The molecule has 2 heterocycles. The largest absolute Gasteiger partial charge is 0.370 e. The highest BCUT2D eigenvalue weighted by Crippen LogP contribution is 2.16. The zero-order valence-electron chi connectivity index (χ0n) is 11.8. The smallest absolute Gasteiger partial charge is 0.145 e. The van der Waals surface area contributed by atoms with Crippen LogP contribution in [-0.4, -0.2) is 21.5 Å². The Morgan fingerprint density at radius 1 is 1.20 bits per heavy atom. The first kappa shape index (κ1) is 14.2. The van der Waals surface area contributed by atoms with Gasteiger partial charge in [0.2, 0.25) is 0 Å². The first-order valence-electron chi connectivity index (χ1n) is 6.68. The summed E-state index contributed by atoms with van der Waals surface area (Å²) in [7, 11) is 0. The van der Waals surface area contributed by atoms with Crippen LogP contribution in [0.25, 0.3) is 0 Å². The number of aromatic nitrogens is 3. The van der Waals surface area contributed by atoms with Gasteiger partial charge in [-0.1, -0.05) is 19.9 Å². The van der Waals surface area contributed by atoms with Crippen molar-refractivity contribution in [2.75, 3.05) is 17.3 Å². The van der Waals surface area contributed by atoms with Gasteiger partial charge in [0.05, 0.1) is 0 Å². The highest BCUT2D eigenvalue weighted by Gasteiger charge is 2.07. The second-order valence-corrected chi connectivity index (χ2v) is 4.79. The fourth-order valence-electron chi connectivity index (χ4n) is 1.75. The summed E-state index contributed by atoms with van der Waals surface area (Å²) in [6.07, 6.45) is 2.64. The van der Waals surface area contributed by atoms with Crippen LogP contribution in [0.15, 0.2) is 30.5 Å². The molecule has 0 saturated carbocycles. The molecular formula is C14H20N6. The molecule has 2 aromatic rings. The molecule has 2 rings (SSSR count). The third-order valence-corrected chi connectivity index (χ3v) is 2.82. The summed E-state index contributed by atoms with van der Waals surface area (Å²) in [5, 5.41) is 3.28. The number of pyridine rings is 1. The fraction of sp³-hybridized carbons (Fsp3) is 0.357. The summed E-state index contributed by atoms with van der Waals surface area (Å²) < 4.78 is 0. The number of nitrogen functional groups attached to an aromatic ring is 1. The van der Waals surface area contributed by atoms with Gasteiger partial charge in [0.1, 0.15) is 17.5 Å². The summed E-state index contributed by atoms with van der Waals surface area (Å²) in [6.45, 7) is 4.86. The number of nitrogens with two attached hydrogens (primary N) is 1. The van der Waals surface area contributed by atoms with Crippen molar-refractivity contribution in [1.82, 2.24) is 15.0 Å². The van der Waals surface area contributed by atoms with Crippen molar-refractivity contribution >= 4 is 11.6 Å². The van der Waals surface area contributed by atoms with Crippen LogP contribution < -0.4 is 16.6 Å². The van der Waals surface area contributed by atoms with Crippen LogP contribution in [0.2, 0.25) is 0 Å². The zero-order chi connectivity index (χ0) is 14.4. The van der Waals surface area contributed by atoms with Crippen LogP contribution in [-0.2, 0) is 6.42 Å². The SMILES string of the molecule is CC(C)c1nc(NN)cc(NCCc2ccccn2)n1. The molecule has 106 valence electrons. The molecule has 0 spiro atoms. The highest BCUT2D eigenvalue weighted by atomic mass is 15.3. The topological polar surface area (TPSA) is 88.8 Å². The summed E-state index contributed by atoms with van der Waals surface area (Å²) in [4.78, 5) is 13.1. The van der Waals surface area contributed by atoms with E-state index in [1.54, 1.807) is 12.3 Å². The summed E-state index contributed by atoms with van der Waals surface area (Å²) in [5.74, 6) is 7.83. The highest BCUT2D eigenvalue weighted by molar-refractivity contribution is 5.47. The van der Waals surface area contributed by atoms with E-state index in [1.165, 1.54) is 0 Å². The average Bonchev–Trinajstić information content (AvgIpc) is 2.48. The molecule has 0 amide bonds. The Bertz CT molecular complexity index is 541. The minimum Gasteiger partial charge on any atom is -0.370 e. The van der Waals surface area contributed by atoms with Crippen LogP contribution in [0.4, 0.5) is 11.6 Å². The van der Waals surface area contributed by atoms with Crippen molar-refractivity contribution < 1.29 is 0 Å². The van der Waals surface area contributed by atoms with E-state index in [4.69, 9.17) is 5.84 Å². The van der Waals surface area contributed by atoms with Gasteiger partial charge in [-0.25, -0.2) is 15.8 Å². The van der Waals surface area contributed by atoms with Gasteiger partial charge in [0.15, 0.2) is 0 Å². The first-order chi connectivity index (χ1) is 9.69. The molecule has 0 aliphatic heterocycles. The van der Waals surface area contributed by atoms with Crippen molar-refractivity contribution in [2.24, 2.45) is 5.84 Å². The molecule has 0 saturated heterocycles. The first-order valence-corrected chi connectivity index (χ1v) is 6.68. The Kier molecular flexibility index (Phi) is 4.84. The molecule has 0 bridgehead atoms. The Hall–Kier alpha value is -2.21. The maximum absolute atomic E-state index is 5.43. The second-order valence-electron chi connectivity index (χ2n) is 4.79. The molecular weight excluding hydrogens is 252 g/mol. The Morgan fingerprint density at radius 3 is 2.65 bits per heavy atom. The molecule has 0 unspecified atom stereocenters. The van der Waals surface area contributed by atoms with E-state index in [2.05, 4.69) is 25.7 Å². The van der Waals surface area contributed by atoms with Crippen LogP contribution in [0.3, 0.4) is 0 Å². The van der Waals surface area contributed by atoms with Gasteiger partial charge in [0.25, 0.3) is 0 Å². The van der Waals surface area contributed by atoms with E-state index in [1.807, 2.05) is 32.0 Å². The number of hydrogen-bond acceptors (Lipinski definition) is 6. The third-order valence-electron chi connectivity index (χ3n) is 2.82. The molecule has 6 heteroatoms. The lowest BCUT2D eigenvalue weighted by Crippen LogP contribution is -2.14. The lowest BCUT2D eigenvalue weighted by molar-refractivity contribution is 0.774. The van der Waals surface area contributed by atoms with Gasteiger partial charge in [-0.05, 0) is 12.1 Å². The lowest BCUT2D eigenvalue weighted by Gasteiger charge is -2.11. The van der Waals surface area contributed by atoms with Gasteiger partial charge in [-0.3, -0.25) is 4.98 Å². The molecule has 0 aliphatic carbocycles. The van der Waals surface area contributed by atoms with E-state index >= 15 is 0 Å². The minimum absolute atomic E-state index is 0.250. The molecule has 0 radical (unpaired) electrons. The van der Waals surface area contributed by atoms with Crippen LogP contribution in [0.5, 0.6) is 0 Å². The minimum atomic E-state index is 0.250. The van der Waals surface area contributed by atoms with Gasteiger partial charge in [-0.15, -0.1) is 0 Å². The molecule has 6 nitrogen and oxygen atoms in total. The molecule has 0 atom stereocenters. The van der Waals surface area contributed by atoms with E-state index < -0.39 is 0 Å². The van der Waals surface area contributed by atoms with Gasteiger partial charge in [-0.2, -0.15) is 0 Å². The number of nitrogens with one attached hydrogen (secondary N) is 2. The quantitative estimate of drug-likeness (QED) is 0.550. The summed E-state index contributed by atoms with van der Waals surface area (Å²) in [6, 6.07) is 7.70. The zero-order valence-corrected chi connectivity index (χ0v) is 11.8. The molecule has 0 fully saturated rings. The van der Waals surface area contributed by atoms with E-state index in [9.17, 15) is 0 Å². The summed E-state index contributed by atoms with van der Waals surface area (Å²) >= 11 is 0. The molecule has 4 N–H and O–H groups in total. The van der Waals surface area contributed by atoms with Crippen molar-refractivity contribution in [3.05, 3.63) is 42.0 Å². The van der Waals surface area contributed by atoms with Crippen LogP contribution in [0.1, 0.15) is 31.3 Å². The average molecular weight is 272 g/mol. The number of nitrogens with zero attached hydrogens (tertiary/aromatic N) is 3. The van der Waals surface area contributed by atoms with Crippen molar-refractivity contribution in [1.29, 1.82) is 0 Å². The maximum atomic E-state index is 5.43. The van der Waals surface area contributed by atoms with Crippen molar-refractivity contribution in [2.45, 2.75) is 26.2 Å². The maximum Gasteiger partial charge on any atom is 0.145 e. The molecule has 2 aromatic heterocycles. The van der Waals surface area contributed by atoms with Gasteiger partial charge >= 0.3 is 0 Å². The van der Waals surface area contributed by atoms with Crippen molar-refractivity contribution in [3.63, 3.8) is 0 Å². The molecule has 0 aliphatic rings. The van der Waals surface area contributed by atoms with Gasteiger partial charge < -0.3 is 10.7 Å². The predicted molar refractivity (Wildman–Crippen MR) is 80.4 cm³/mol. The number of anilines is 2. The Labute approximate surface area is 118 Å². The monoisotopic (exact) mass is 272 g/mol. The third kappa shape index (κ3) is 3.89. The second kappa shape index (κ2) is 6.81. The Morgan fingerprint density at radius 2 is 2.00 bits per heavy atom. The fourth-order valence-corrected chi connectivity index (χ4v) is 1.75. The number of hydrazine groups is 1. The van der Waals surface area contributed by atoms with E-state index in [0.717, 1.165) is 30.3 Å². The van der Waals surface area contributed by atoms with Gasteiger partial charge in [0, 0.05) is 36.8 Å². The number of rotatable bonds is 6.